The van der Waals surface area contributed by atoms with Crippen LogP contribution in [0.4, 0.5) is 11.4 Å². The minimum Gasteiger partial charge on any atom is -0.360 e. The van der Waals surface area contributed by atoms with Crippen molar-refractivity contribution in [2.24, 2.45) is 4.99 Å². The summed E-state index contributed by atoms with van der Waals surface area (Å²) < 4.78 is 0.997. The van der Waals surface area contributed by atoms with Crippen LogP contribution in [0, 0.1) is 0 Å². The van der Waals surface area contributed by atoms with E-state index in [1.165, 1.54) is 28.6 Å². The summed E-state index contributed by atoms with van der Waals surface area (Å²) >= 11 is 4.79. The zero-order valence-corrected chi connectivity index (χ0v) is 20.8. The van der Waals surface area contributed by atoms with Crippen LogP contribution in [0.15, 0.2) is 62.9 Å². The molecule has 2 heterocycles. The zero-order valence-electron chi connectivity index (χ0n) is 18.4. The molecule has 0 saturated carbocycles. The topological polar surface area (TPSA) is 44.7 Å². The highest BCUT2D eigenvalue weighted by molar-refractivity contribution is 9.10. The molecule has 1 amide bonds. The summed E-state index contributed by atoms with van der Waals surface area (Å²) in [5.74, 6) is -0.115. The molecule has 1 saturated heterocycles. The summed E-state index contributed by atoms with van der Waals surface area (Å²) in [6.45, 7) is 11.1. The van der Waals surface area contributed by atoms with Gasteiger partial charge < -0.3 is 10.2 Å². The third kappa shape index (κ3) is 4.51. The average molecular weight is 496 g/mol. The van der Waals surface area contributed by atoms with Gasteiger partial charge in [0.1, 0.15) is 0 Å². The molecular formula is C25H26BrN3OS. The highest BCUT2D eigenvalue weighted by Crippen LogP contribution is 2.41. The third-order valence-electron chi connectivity index (χ3n) is 5.42. The van der Waals surface area contributed by atoms with Crippen molar-refractivity contribution in [2.45, 2.75) is 46.2 Å². The molecule has 2 aromatic carbocycles. The first kappa shape index (κ1) is 21.9. The van der Waals surface area contributed by atoms with Gasteiger partial charge >= 0.3 is 0 Å². The number of benzene rings is 2. The van der Waals surface area contributed by atoms with E-state index in [0.717, 1.165) is 15.7 Å². The molecule has 4 nitrogen and oxygen atoms in total. The Balaban J connectivity index is 1.63. The number of amides is 1. The lowest BCUT2D eigenvalue weighted by molar-refractivity contribution is -0.115. The van der Waals surface area contributed by atoms with E-state index in [2.05, 4.69) is 90.0 Å². The van der Waals surface area contributed by atoms with E-state index in [1.807, 2.05) is 30.3 Å². The Morgan fingerprint density at radius 2 is 1.87 bits per heavy atom. The number of thioether (sulfide) groups is 1. The van der Waals surface area contributed by atoms with E-state index in [1.54, 1.807) is 0 Å². The molecule has 2 aliphatic rings. The van der Waals surface area contributed by atoms with Crippen LogP contribution in [0.1, 0.15) is 45.7 Å². The molecule has 0 aliphatic carbocycles. The van der Waals surface area contributed by atoms with Crippen molar-refractivity contribution in [3.63, 3.8) is 0 Å². The maximum atomic E-state index is 12.5. The number of hydrogen-bond donors (Lipinski definition) is 1. The maximum absolute atomic E-state index is 12.5. The zero-order chi connectivity index (χ0) is 22.3. The lowest BCUT2D eigenvalue weighted by atomic mass is 9.87. The summed E-state index contributed by atoms with van der Waals surface area (Å²) in [6.07, 6.45) is 4.27. The van der Waals surface area contributed by atoms with Crippen molar-refractivity contribution in [2.75, 3.05) is 4.90 Å². The monoisotopic (exact) mass is 495 g/mol. The fraction of sp³-hybridized carbons (Fsp3) is 0.280. The standard InChI is InChI=1S/C25H26BrN3OS/c1-15(2)29-21-11-6-17(12-20(21)16(3)14-25(29,4)5)13-22-23(30)28-24(31-22)27-19-9-7-18(26)8-10-19/h6-15H,1-5H3,(H,27,28,30)/b22-13-. The number of nitrogens with one attached hydrogen (secondary N) is 1. The SMILES string of the molecule is CC1=CC(C)(C)N(C(C)C)c2ccc(/C=C3\SC(=Nc4ccc(Br)cc4)NC3=O)cc21. The van der Waals surface area contributed by atoms with Crippen LogP contribution in [0.3, 0.4) is 0 Å². The molecule has 31 heavy (non-hydrogen) atoms. The first-order chi connectivity index (χ1) is 14.6. The molecule has 6 heteroatoms. The molecule has 2 aliphatic heterocycles. The van der Waals surface area contributed by atoms with Crippen molar-refractivity contribution < 1.29 is 4.79 Å². The largest absolute Gasteiger partial charge is 0.360 e. The Morgan fingerprint density at radius 3 is 2.55 bits per heavy atom. The van der Waals surface area contributed by atoms with Crippen molar-refractivity contribution >= 4 is 61.8 Å². The summed E-state index contributed by atoms with van der Waals surface area (Å²) in [6, 6.07) is 14.5. The van der Waals surface area contributed by atoms with E-state index in [-0.39, 0.29) is 11.4 Å². The summed E-state index contributed by atoms with van der Waals surface area (Å²) in [4.78, 5) is 20.1. The molecule has 0 radical (unpaired) electrons. The van der Waals surface area contributed by atoms with E-state index >= 15 is 0 Å². The molecule has 160 valence electrons. The highest BCUT2D eigenvalue weighted by Gasteiger charge is 2.33. The number of rotatable bonds is 3. The number of amidine groups is 1. The number of nitrogens with zero attached hydrogens (tertiary/aromatic N) is 2. The van der Waals surface area contributed by atoms with Crippen LogP contribution >= 0.6 is 27.7 Å². The Morgan fingerprint density at radius 1 is 1.16 bits per heavy atom. The fourth-order valence-corrected chi connectivity index (χ4v) is 5.47. The molecule has 0 spiro atoms. The van der Waals surface area contributed by atoms with Gasteiger partial charge in [0.05, 0.1) is 16.1 Å². The molecule has 2 aromatic rings. The summed E-state index contributed by atoms with van der Waals surface area (Å²) in [7, 11) is 0. The van der Waals surface area contributed by atoms with E-state index in [0.29, 0.717) is 16.1 Å². The van der Waals surface area contributed by atoms with E-state index in [9.17, 15) is 4.79 Å². The Bertz CT molecular complexity index is 1130. The number of halogens is 1. The smallest absolute Gasteiger partial charge is 0.264 e. The van der Waals surface area contributed by atoms with Crippen molar-refractivity contribution in [3.8, 4) is 0 Å². The van der Waals surface area contributed by atoms with Crippen molar-refractivity contribution in [1.29, 1.82) is 0 Å². The lowest BCUT2D eigenvalue weighted by Gasteiger charge is -2.46. The van der Waals surface area contributed by atoms with Crippen LogP contribution in [-0.4, -0.2) is 22.7 Å². The number of carbonyl (C=O) groups is 1. The maximum Gasteiger partial charge on any atom is 0.264 e. The molecular weight excluding hydrogens is 470 g/mol. The van der Waals surface area contributed by atoms with Gasteiger partial charge in [-0.2, -0.15) is 0 Å². The fourth-order valence-electron chi connectivity index (χ4n) is 4.37. The number of fused-ring (bicyclic) bond motifs is 1. The minimum absolute atomic E-state index is 0.0369. The van der Waals surface area contributed by atoms with Gasteiger partial charge in [-0.05, 0) is 100.0 Å². The molecule has 4 rings (SSSR count). The molecule has 1 fully saturated rings. The third-order valence-corrected chi connectivity index (χ3v) is 6.86. The van der Waals surface area contributed by atoms with Gasteiger partial charge in [-0.3, -0.25) is 4.79 Å². The Labute approximate surface area is 196 Å². The van der Waals surface area contributed by atoms with Gasteiger partial charge in [-0.25, -0.2) is 4.99 Å². The second-order valence-electron chi connectivity index (χ2n) is 8.68. The van der Waals surface area contributed by atoms with Crippen LogP contribution < -0.4 is 10.2 Å². The number of aliphatic imine (C=N–C) groups is 1. The highest BCUT2D eigenvalue weighted by atomic mass is 79.9. The molecule has 1 N–H and O–H groups in total. The quantitative estimate of drug-likeness (QED) is 0.478. The van der Waals surface area contributed by atoms with Gasteiger partial charge in [0, 0.05) is 21.8 Å². The Kier molecular flexibility index (Phi) is 5.88. The van der Waals surface area contributed by atoms with Gasteiger partial charge in [-0.1, -0.05) is 28.1 Å². The predicted molar refractivity (Wildman–Crippen MR) is 137 cm³/mol. The number of allylic oxidation sites excluding steroid dienone is 1. The van der Waals surface area contributed by atoms with Gasteiger partial charge in [0.15, 0.2) is 5.17 Å². The second kappa shape index (κ2) is 8.32. The summed E-state index contributed by atoms with van der Waals surface area (Å²) in [5, 5.41) is 3.46. The Hall–Kier alpha value is -2.31. The second-order valence-corrected chi connectivity index (χ2v) is 10.6. The number of carbonyl (C=O) groups excluding carboxylic acids is 1. The van der Waals surface area contributed by atoms with Crippen LogP contribution in [0.25, 0.3) is 11.6 Å². The van der Waals surface area contributed by atoms with Crippen molar-refractivity contribution in [3.05, 3.63) is 69.0 Å². The first-order valence-electron chi connectivity index (χ1n) is 10.3. The lowest BCUT2D eigenvalue weighted by Crippen LogP contribution is -2.49. The molecule has 0 aromatic heterocycles. The van der Waals surface area contributed by atoms with E-state index in [4.69, 9.17) is 0 Å². The van der Waals surface area contributed by atoms with E-state index < -0.39 is 0 Å². The van der Waals surface area contributed by atoms with Gasteiger partial charge in [0.25, 0.3) is 5.91 Å². The van der Waals surface area contributed by atoms with Crippen molar-refractivity contribution in [1.82, 2.24) is 5.32 Å². The normalized spacial score (nSPS) is 20.3. The molecule has 0 bridgehead atoms. The first-order valence-corrected chi connectivity index (χ1v) is 11.9. The summed E-state index contributed by atoms with van der Waals surface area (Å²) in [5.41, 5.74) is 5.50. The molecule has 0 unspecified atom stereocenters. The average Bonchev–Trinajstić information content (AvgIpc) is 3.02. The number of hydrogen-bond acceptors (Lipinski definition) is 4. The minimum atomic E-state index is -0.115. The number of anilines is 1. The van der Waals surface area contributed by atoms with Crippen LogP contribution in [0.5, 0.6) is 0 Å². The molecule has 0 atom stereocenters. The van der Waals surface area contributed by atoms with Crippen LogP contribution in [-0.2, 0) is 4.79 Å². The van der Waals surface area contributed by atoms with Crippen LogP contribution in [0.2, 0.25) is 0 Å². The predicted octanol–water partition coefficient (Wildman–Crippen LogP) is 6.75. The van der Waals surface area contributed by atoms with Gasteiger partial charge in [0.2, 0.25) is 0 Å². The van der Waals surface area contributed by atoms with Gasteiger partial charge in [-0.15, -0.1) is 0 Å².